The second-order valence-corrected chi connectivity index (χ2v) is 2.95. The molecular formula is C9H10N4O2. The van der Waals surface area contributed by atoms with Gasteiger partial charge in [-0.1, -0.05) is 0 Å². The number of ether oxygens (including phenoxy) is 1. The predicted molar refractivity (Wildman–Crippen MR) is 53.2 cm³/mol. The van der Waals surface area contributed by atoms with Gasteiger partial charge in [-0.2, -0.15) is 5.10 Å². The number of nitrogens with zero attached hydrogens (tertiary/aromatic N) is 2. The molecule has 0 spiro atoms. The Morgan fingerprint density at radius 3 is 3.13 bits per heavy atom. The van der Waals surface area contributed by atoms with Gasteiger partial charge in [0.15, 0.2) is 11.6 Å². The molecule has 0 aliphatic heterocycles. The first-order valence-corrected chi connectivity index (χ1v) is 4.39. The summed E-state index contributed by atoms with van der Waals surface area (Å²) in [5, 5.41) is 6.62. The van der Waals surface area contributed by atoms with Crippen LogP contribution in [0, 0.1) is 0 Å². The maximum Gasteiger partial charge on any atom is 0.259 e. The quantitative estimate of drug-likeness (QED) is 0.756. The summed E-state index contributed by atoms with van der Waals surface area (Å²) in [6, 6.07) is 3.39. The standard InChI is InChI=1S/C9H10N4O2/c1-15-5-7-11-8(13-12-7)6-3-2-4-10-9(6)14/h2-4H,5H2,1H3,(H,10,14)(H,11,12,13). The molecule has 0 atom stereocenters. The van der Waals surface area contributed by atoms with Crippen LogP contribution in [0.3, 0.4) is 0 Å². The Kier molecular flexibility index (Phi) is 2.59. The highest BCUT2D eigenvalue weighted by Crippen LogP contribution is 2.08. The molecule has 0 unspecified atom stereocenters. The van der Waals surface area contributed by atoms with Crippen LogP contribution in [0.4, 0.5) is 0 Å². The summed E-state index contributed by atoms with van der Waals surface area (Å²) < 4.78 is 4.89. The van der Waals surface area contributed by atoms with Crippen molar-refractivity contribution in [3.63, 3.8) is 0 Å². The monoisotopic (exact) mass is 206 g/mol. The van der Waals surface area contributed by atoms with Crippen LogP contribution >= 0.6 is 0 Å². The number of rotatable bonds is 3. The highest BCUT2D eigenvalue weighted by atomic mass is 16.5. The van der Waals surface area contributed by atoms with Crippen LogP contribution in [-0.2, 0) is 11.3 Å². The minimum absolute atomic E-state index is 0.208. The molecule has 0 saturated heterocycles. The van der Waals surface area contributed by atoms with Gasteiger partial charge in [0, 0.05) is 13.3 Å². The molecule has 0 fully saturated rings. The van der Waals surface area contributed by atoms with Crippen molar-refractivity contribution in [2.24, 2.45) is 0 Å². The lowest BCUT2D eigenvalue weighted by Crippen LogP contribution is -2.07. The summed E-state index contributed by atoms with van der Waals surface area (Å²) in [6.07, 6.45) is 1.56. The molecule has 15 heavy (non-hydrogen) atoms. The Morgan fingerprint density at radius 1 is 1.53 bits per heavy atom. The van der Waals surface area contributed by atoms with E-state index in [1.807, 2.05) is 0 Å². The molecule has 2 heterocycles. The van der Waals surface area contributed by atoms with Crippen molar-refractivity contribution in [1.82, 2.24) is 20.2 Å². The molecule has 0 aliphatic rings. The van der Waals surface area contributed by atoms with Crippen molar-refractivity contribution in [2.75, 3.05) is 7.11 Å². The lowest BCUT2D eigenvalue weighted by molar-refractivity contribution is 0.178. The maximum absolute atomic E-state index is 11.4. The van der Waals surface area contributed by atoms with E-state index in [9.17, 15) is 4.79 Å². The average molecular weight is 206 g/mol. The average Bonchev–Trinajstić information content (AvgIpc) is 2.68. The third-order valence-corrected chi connectivity index (χ3v) is 1.87. The van der Waals surface area contributed by atoms with Gasteiger partial charge >= 0.3 is 0 Å². The van der Waals surface area contributed by atoms with Crippen molar-refractivity contribution >= 4 is 0 Å². The van der Waals surface area contributed by atoms with Gasteiger partial charge in [-0.15, -0.1) is 0 Å². The van der Waals surface area contributed by atoms with E-state index >= 15 is 0 Å². The first-order chi connectivity index (χ1) is 7.31. The number of H-pyrrole nitrogens is 2. The second-order valence-electron chi connectivity index (χ2n) is 2.95. The van der Waals surface area contributed by atoms with Gasteiger partial charge in [-0.25, -0.2) is 4.98 Å². The van der Waals surface area contributed by atoms with E-state index in [0.717, 1.165) is 0 Å². The molecule has 0 aromatic carbocycles. The van der Waals surface area contributed by atoms with Gasteiger partial charge in [-0.3, -0.25) is 9.89 Å². The Morgan fingerprint density at radius 2 is 2.40 bits per heavy atom. The third kappa shape index (κ3) is 1.94. The van der Waals surface area contributed by atoms with Gasteiger partial charge < -0.3 is 9.72 Å². The van der Waals surface area contributed by atoms with Gasteiger partial charge in [0.2, 0.25) is 0 Å². The Hall–Kier alpha value is -1.95. The Bertz CT molecular complexity index is 503. The summed E-state index contributed by atoms with van der Waals surface area (Å²) in [6.45, 7) is 0.345. The molecule has 78 valence electrons. The van der Waals surface area contributed by atoms with Crippen molar-refractivity contribution in [3.05, 3.63) is 34.5 Å². The lowest BCUT2D eigenvalue weighted by Gasteiger charge is -1.91. The van der Waals surface area contributed by atoms with E-state index in [1.54, 1.807) is 25.4 Å². The molecule has 0 aliphatic carbocycles. The van der Waals surface area contributed by atoms with Crippen LogP contribution in [0.2, 0.25) is 0 Å². The van der Waals surface area contributed by atoms with Gasteiger partial charge in [0.1, 0.15) is 6.61 Å². The summed E-state index contributed by atoms with van der Waals surface area (Å²) in [7, 11) is 1.57. The van der Waals surface area contributed by atoms with E-state index in [2.05, 4.69) is 20.2 Å². The lowest BCUT2D eigenvalue weighted by atomic mass is 10.3. The van der Waals surface area contributed by atoms with Crippen LogP contribution < -0.4 is 5.56 Å². The number of nitrogens with one attached hydrogen (secondary N) is 2. The van der Waals surface area contributed by atoms with Gasteiger partial charge in [-0.05, 0) is 12.1 Å². The molecule has 0 amide bonds. The zero-order chi connectivity index (χ0) is 10.7. The number of pyridine rings is 1. The van der Waals surface area contributed by atoms with Crippen LogP contribution in [-0.4, -0.2) is 27.3 Å². The van der Waals surface area contributed by atoms with Crippen LogP contribution in [0.15, 0.2) is 23.1 Å². The molecule has 2 aromatic heterocycles. The fourth-order valence-electron chi connectivity index (χ4n) is 1.21. The van der Waals surface area contributed by atoms with Crippen molar-refractivity contribution in [1.29, 1.82) is 0 Å². The molecule has 0 radical (unpaired) electrons. The zero-order valence-electron chi connectivity index (χ0n) is 8.15. The zero-order valence-corrected chi connectivity index (χ0v) is 8.15. The number of hydrogen-bond donors (Lipinski definition) is 2. The van der Waals surface area contributed by atoms with Crippen molar-refractivity contribution in [2.45, 2.75) is 6.61 Å². The SMILES string of the molecule is COCc1nc(-c2ccc[nH]c2=O)n[nH]1. The minimum atomic E-state index is -0.208. The van der Waals surface area contributed by atoms with E-state index in [1.165, 1.54) is 0 Å². The molecule has 0 bridgehead atoms. The van der Waals surface area contributed by atoms with Crippen LogP contribution in [0.1, 0.15) is 5.82 Å². The number of hydrogen-bond acceptors (Lipinski definition) is 4. The number of methoxy groups -OCH3 is 1. The largest absolute Gasteiger partial charge is 0.377 e. The fourth-order valence-corrected chi connectivity index (χ4v) is 1.21. The van der Waals surface area contributed by atoms with E-state index in [-0.39, 0.29) is 5.56 Å². The van der Waals surface area contributed by atoms with Gasteiger partial charge in [0.25, 0.3) is 5.56 Å². The molecule has 2 rings (SSSR count). The summed E-state index contributed by atoms with van der Waals surface area (Å²) in [5.74, 6) is 0.972. The first-order valence-electron chi connectivity index (χ1n) is 4.39. The highest BCUT2D eigenvalue weighted by Gasteiger charge is 2.08. The van der Waals surface area contributed by atoms with Crippen molar-refractivity contribution < 1.29 is 4.74 Å². The summed E-state index contributed by atoms with van der Waals surface area (Å²) >= 11 is 0. The number of aromatic nitrogens is 4. The normalized spacial score (nSPS) is 10.5. The van der Waals surface area contributed by atoms with Gasteiger partial charge in [0.05, 0.1) is 5.56 Å². The molecule has 6 heteroatoms. The summed E-state index contributed by atoms with van der Waals surface area (Å²) in [5.41, 5.74) is 0.233. The second kappa shape index (κ2) is 4.05. The van der Waals surface area contributed by atoms with E-state index < -0.39 is 0 Å². The first kappa shape index (κ1) is 9.60. The van der Waals surface area contributed by atoms with Crippen LogP contribution in [0.25, 0.3) is 11.4 Å². The topological polar surface area (TPSA) is 83.7 Å². The summed E-state index contributed by atoms with van der Waals surface area (Å²) in [4.78, 5) is 18.1. The van der Waals surface area contributed by atoms with Crippen LogP contribution in [0.5, 0.6) is 0 Å². The van der Waals surface area contributed by atoms with Crippen molar-refractivity contribution in [3.8, 4) is 11.4 Å². The maximum atomic E-state index is 11.4. The molecular weight excluding hydrogens is 196 g/mol. The molecule has 6 nitrogen and oxygen atoms in total. The predicted octanol–water partition coefficient (Wildman–Crippen LogP) is 0.306. The van der Waals surface area contributed by atoms with E-state index in [0.29, 0.717) is 23.8 Å². The number of aromatic amines is 2. The minimum Gasteiger partial charge on any atom is -0.377 e. The molecule has 2 aromatic rings. The molecule has 2 N–H and O–H groups in total. The molecule has 0 saturated carbocycles. The fraction of sp³-hybridized carbons (Fsp3) is 0.222. The smallest absolute Gasteiger partial charge is 0.259 e. The van der Waals surface area contributed by atoms with E-state index in [4.69, 9.17) is 4.74 Å². The Labute approximate surface area is 85.3 Å². The third-order valence-electron chi connectivity index (χ3n) is 1.87. The Balaban J connectivity index is 2.38. The highest BCUT2D eigenvalue weighted by molar-refractivity contribution is 5.52.